The Bertz CT molecular complexity index is 331. The van der Waals surface area contributed by atoms with E-state index in [2.05, 4.69) is 4.98 Å². The zero-order valence-corrected chi connectivity index (χ0v) is 7.30. The zero-order valence-electron chi connectivity index (χ0n) is 7.30. The van der Waals surface area contributed by atoms with Crippen molar-refractivity contribution in [1.29, 1.82) is 0 Å². The molecule has 1 aromatic rings. The molecule has 1 N–H and O–H groups in total. The number of hydrogen-bond donors (Lipinski definition) is 1. The number of carbonyl (C=O) groups excluding carboxylic acids is 1. The number of halogens is 3. The van der Waals surface area contributed by atoms with E-state index >= 15 is 0 Å². The van der Waals surface area contributed by atoms with E-state index in [4.69, 9.17) is 0 Å². The van der Waals surface area contributed by atoms with Crippen LogP contribution in [0.2, 0.25) is 0 Å². The number of nitrogens with one attached hydrogen (secondary N) is 1. The third-order valence-electron chi connectivity index (χ3n) is 1.59. The summed E-state index contributed by atoms with van der Waals surface area (Å²) in [4.78, 5) is 14.1. The molecule has 0 aliphatic carbocycles. The Balaban J connectivity index is 2.50. The lowest BCUT2D eigenvalue weighted by Crippen LogP contribution is -2.36. The van der Waals surface area contributed by atoms with Crippen molar-refractivity contribution in [3.05, 3.63) is 18.2 Å². The van der Waals surface area contributed by atoms with Crippen LogP contribution in [0.3, 0.4) is 0 Å². The molecule has 7 heteroatoms. The fourth-order valence-corrected chi connectivity index (χ4v) is 0.826. The van der Waals surface area contributed by atoms with Crippen LogP contribution in [0.5, 0.6) is 0 Å². The fraction of sp³-hybridized carbons (Fsp3) is 0.429. The first-order valence-corrected chi connectivity index (χ1v) is 3.72. The molecule has 1 amide bonds. The van der Waals surface area contributed by atoms with Gasteiger partial charge in [-0.05, 0) is 0 Å². The van der Waals surface area contributed by atoms with Crippen LogP contribution in [0.4, 0.5) is 13.2 Å². The summed E-state index contributed by atoms with van der Waals surface area (Å²) in [6, 6.07) is 0. The number of amides is 1. The smallest absolute Gasteiger partial charge is 0.341 e. The first kappa shape index (κ1) is 10.6. The summed E-state index contributed by atoms with van der Waals surface area (Å²) >= 11 is 0. The molecule has 0 aliphatic rings. The molecule has 0 aromatic carbocycles. The van der Waals surface area contributed by atoms with Gasteiger partial charge in [-0.1, -0.05) is 0 Å². The van der Waals surface area contributed by atoms with Crippen molar-refractivity contribution in [2.24, 2.45) is 7.05 Å². The van der Waals surface area contributed by atoms with Crippen LogP contribution in [-0.2, 0) is 18.4 Å². The van der Waals surface area contributed by atoms with Gasteiger partial charge in [-0.25, -0.2) is 4.98 Å². The van der Waals surface area contributed by atoms with E-state index in [9.17, 15) is 18.0 Å². The van der Waals surface area contributed by atoms with Gasteiger partial charge in [0.1, 0.15) is 5.82 Å². The number of aryl methyl sites for hydroxylation is 1. The molecule has 78 valence electrons. The van der Waals surface area contributed by atoms with Gasteiger partial charge >= 0.3 is 12.1 Å². The summed E-state index contributed by atoms with van der Waals surface area (Å²) in [5.41, 5.74) is 0. The van der Waals surface area contributed by atoms with Gasteiger partial charge in [-0.3, -0.25) is 4.79 Å². The molecule has 0 radical (unpaired) electrons. The number of nitrogens with zero attached hydrogens (tertiary/aromatic N) is 2. The van der Waals surface area contributed by atoms with Gasteiger partial charge < -0.3 is 9.88 Å². The Labute approximate surface area is 77.7 Å². The summed E-state index contributed by atoms with van der Waals surface area (Å²) in [5, 5.41) is 1.72. The number of imidazole rings is 1. The molecule has 0 spiro atoms. The summed E-state index contributed by atoms with van der Waals surface area (Å²) in [5.74, 6) is -1.59. The van der Waals surface area contributed by atoms with Gasteiger partial charge in [0.15, 0.2) is 0 Å². The largest absolute Gasteiger partial charge is 0.471 e. The van der Waals surface area contributed by atoms with Crippen molar-refractivity contribution in [3.8, 4) is 0 Å². The second kappa shape index (κ2) is 3.69. The third-order valence-corrected chi connectivity index (χ3v) is 1.59. The SMILES string of the molecule is Cn1ccnc1CNC(=O)C(F)(F)F. The lowest BCUT2D eigenvalue weighted by atomic mass is 10.5. The minimum Gasteiger partial charge on any atom is -0.341 e. The first-order chi connectivity index (χ1) is 6.41. The number of alkyl halides is 3. The molecule has 0 atom stereocenters. The topological polar surface area (TPSA) is 46.9 Å². The van der Waals surface area contributed by atoms with E-state index in [0.717, 1.165) is 0 Å². The quantitative estimate of drug-likeness (QED) is 0.771. The number of carbonyl (C=O) groups is 1. The Morgan fingerprint density at radius 1 is 1.64 bits per heavy atom. The maximum Gasteiger partial charge on any atom is 0.471 e. The fourth-order valence-electron chi connectivity index (χ4n) is 0.826. The summed E-state index contributed by atoms with van der Waals surface area (Å²) < 4.78 is 36.7. The predicted octanol–water partition coefficient (Wildman–Crippen LogP) is 0.599. The van der Waals surface area contributed by atoms with Gasteiger partial charge in [0.05, 0.1) is 6.54 Å². The number of aromatic nitrogens is 2. The second-order valence-electron chi connectivity index (χ2n) is 2.63. The highest BCUT2D eigenvalue weighted by molar-refractivity contribution is 5.81. The van der Waals surface area contributed by atoms with Crippen molar-refractivity contribution in [1.82, 2.24) is 14.9 Å². The summed E-state index contributed by atoms with van der Waals surface area (Å²) in [7, 11) is 1.63. The molecule has 14 heavy (non-hydrogen) atoms. The van der Waals surface area contributed by atoms with E-state index < -0.39 is 12.1 Å². The maximum absolute atomic E-state index is 11.7. The van der Waals surface area contributed by atoms with Crippen molar-refractivity contribution in [2.75, 3.05) is 0 Å². The Hall–Kier alpha value is -1.53. The van der Waals surface area contributed by atoms with E-state index in [0.29, 0.717) is 5.82 Å². The third kappa shape index (κ3) is 2.48. The summed E-state index contributed by atoms with van der Waals surface area (Å²) in [6.07, 6.45) is -1.82. The minimum atomic E-state index is -4.84. The zero-order chi connectivity index (χ0) is 10.8. The van der Waals surface area contributed by atoms with E-state index in [-0.39, 0.29) is 6.54 Å². The van der Waals surface area contributed by atoms with Crippen LogP contribution in [0.1, 0.15) is 5.82 Å². The van der Waals surface area contributed by atoms with Crippen LogP contribution in [0.15, 0.2) is 12.4 Å². The molecule has 1 rings (SSSR count). The van der Waals surface area contributed by atoms with Gasteiger partial charge in [0.25, 0.3) is 0 Å². The minimum absolute atomic E-state index is 0.234. The van der Waals surface area contributed by atoms with Crippen molar-refractivity contribution < 1.29 is 18.0 Å². The highest BCUT2D eigenvalue weighted by atomic mass is 19.4. The Morgan fingerprint density at radius 2 is 2.29 bits per heavy atom. The van der Waals surface area contributed by atoms with E-state index in [1.54, 1.807) is 18.6 Å². The predicted molar refractivity (Wildman–Crippen MR) is 41.1 cm³/mol. The van der Waals surface area contributed by atoms with Gasteiger partial charge in [-0.2, -0.15) is 13.2 Å². The maximum atomic E-state index is 11.7. The van der Waals surface area contributed by atoms with E-state index in [1.807, 2.05) is 0 Å². The van der Waals surface area contributed by atoms with Gasteiger partial charge in [0, 0.05) is 19.4 Å². The molecule has 1 heterocycles. The standard InChI is InChI=1S/C7H8F3N3O/c1-13-3-2-11-5(13)4-12-6(14)7(8,9)10/h2-3H,4H2,1H3,(H,12,14). The van der Waals surface area contributed by atoms with Crippen LogP contribution < -0.4 is 5.32 Å². The highest BCUT2D eigenvalue weighted by Crippen LogP contribution is 2.14. The van der Waals surface area contributed by atoms with Gasteiger partial charge in [0.2, 0.25) is 0 Å². The number of rotatable bonds is 2. The van der Waals surface area contributed by atoms with Crippen LogP contribution in [0, 0.1) is 0 Å². The molecule has 0 aliphatic heterocycles. The highest BCUT2D eigenvalue weighted by Gasteiger charge is 2.38. The molecule has 0 saturated carbocycles. The van der Waals surface area contributed by atoms with Gasteiger partial charge in [-0.15, -0.1) is 0 Å². The van der Waals surface area contributed by atoms with Crippen molar-refractivity contribution >= 4 is 5.91 Å². The van der Waals surface area contributed by atoms with Crippen LogP contribution in [0.25, 0.3) is 0 Å². The molecule has 1 aromatic heterocycles. The first-order valence-electron chi connectivity index (χ1n) is 3.72. The molecular formula is C7H8F3N3O. The Morgan fingerprint density at radius 3 is 2.71 bits per heavy atom. The second-order valence-corrected chi connectivity index (χ2v) is 2.63. The lowest BCUT2D eigenvalue weighted by molar-refractivity contribution is -0.173. The molecular weight excluding hydrogens is 199 g/mol. The average molecular weight is 207 g/mol. The normalized spacial score (nSPS) is 11.4. The van der Waals surface area contributed by atoms with Crippen molar-refractivity contribution in [3.63, 3.8) is 0 Å². The molecule has 4 nitrogen and oxygen atoms in total. The monoisotopic (exact) mass is 207 g/mol. The molecule has 0 fully saturated rings. The van der Waals surface area contributed by atoms with Crippen LogP contribution >= 0.6 is 0 Å². The van der Waals surface area contributed by atoms with E-state index in [1.165, 1.54) is 10.8 Å². The molecule has 0 saturated heterocycles. The summed E-state index contributed by atoms with van der Waals surface area (Å²) in [6.45, 7) is -0.234. The average Bonchev–Trinajstić information content (AvgIpc) is 2.45. The molecule has 0 unspecified atom stereocenters. The van der Waals surface area contributed by atoms with Crippen molar-refractivity contribution in [2.45, 2.75) is 12.7 Å². The van der Waals surface area contributed by atoms with Crippen LogP contribution in [-0.4, -0.2) is 21.6 Å². The molecule has 0 bridgehead atoms. The lowest BCUT2D eigenvalue weighted by Gasteiger charge is -2.07. The Kier molecular flexibility index (Phi) is 2.78. The number of hydrogen-bond acceptors (Lipinski definition) is 2.